The molecule has 0 saturated heterocycles. The molecule has 6 N–H and O–H groups in total. The van der Waals surface area contributed by atoms with Crippen LogP contribution < -0.4 is 16.2 Å². The Hall–Kier alpha value is -4.28. The van der Waals surface area contributed by atoms with E-state index < -0.39 is 10.0 Å². The number of amidine groups is 1. The Morgan fingerprint density at radius 3 is 2.31 bits per heavy atom. The fourth-order valence-corrected chi connectivity index (χ4v) is 4.45. The number of nitrogens with one attached hydrogen (secondary N) is 2. The zero-order valence-corrected chi connectivity index (χ0v) is 19.7. The molecule has 1 amide bonds. The van der Waals surface area contributed by atoms with Crippen LogP contribution in [-0.2, 0) is 16.6 Å². The predicted octanol–water partition coefficient (Wildman–Crippen LogP) is 3.09. The van der Waals surface area contributed by atoms with Crippen LogP contribution in [0, 0.1) is 12.3 Å². The van der Waals surface area contributed by atoms with Gasteiger partial charge in [-0.05, 0) is 42.3 Å². The number of hydrogen-bond donors (Lipinski definition) is 4. The first-order valence-corrected chi connectivity index (χ1v) is 12.2. The molecule has 0 unspecified atom stereocenters. The van der Waals surface area contributed by atoms with E-state index in [9.17, 15) is 13.2 Å². The van der Waals surface area contributed by atoms with Gasteiger partial charge in [-0.2, -0.15) is 5.10 Å². The Balaban J connectivity index is 1.53. The highest BCUT2D eigenvalue weighted by molar-refractivity contribution is 7.89. The summed E-state index contributed by atoms with van der Waals surface area (Å²) in [5.41, 5.74) is 9.81. The second kappa shape index (κ2) is 9.53. The number of rotatable bonds is 7. The molecular weight excluding hydrogens is 464 g/mol. The van der Waals surface area contributed by atoms with Crippen LogP contribution in [-0.4, -0.2) is 29.9 Å². The van der Waals surface area contributed by atoms with Gasteiger partial charge in [0.05, 0.1) is 17.1 Å². The van der Waals surface area contributed by atoms with Crippen molar-refractivity contribution in [3.63, 3.8) is 0 Å². The van der Waals surface area contributed by atoms with E-state index in [0.717, 1.165) is 5.56 Å². The van der Waals surface area contributed by atoms with Crippen LogP contribution in [0.1, 0.15) is 27.3 Å². The van der Waals surface area contributed by atoms with E-state index in [1.54, 1.807) is 65.3 Å². The maximum absolute atomic E-state index is 13.0. The molecule has 0 fully saturated rings. The predicted molar refractivity (Wildman–Crippen MR) is 135 cm³/mol. The highest BCUT2D eigenvalue weighted by Crippen LogP contribution is 2.27. The second-order valence-electron chi connectivity index (χ2n) is 8.01. The minimum atomic E-state index is -3.88. The molecule has 1 aromatic heterocycles. The van der Waals surface area contributed by atoms with E-state index in [1.807, 2.05) is 19.1 Å². The summed E-state index contributed by atoms with van der Waals surface area (Å²) in [6.45, 7) is 2.18. The van der Waals surface area contributed by atoms with Gasteiger partial charge in [-0.15, -0.1) is 0 Å². The number of benzene rings is 3. The largest absolute Gasteiger partial charge is 0.384 e. The molecule has 35 heavy (non-hydrogen) atoms. The summed E-state index contributed by atoms with van der Waals surface area (Å²) >= 11 is 0. The van der Waals surface area contributed by atoms with Gasteiger partial charge in [0.25, 0.3) is 5.91 Å². The molecular formula is C25H24N6O3S. The summed E-state index contributed by atoms with van der Waals surface area (Å²) in [6, 6.07) is 22.2. The van der Waals surface area contributed by atoms with Crippen molar-refractivity contribution >= 4 is 27.5 Å². The van der Waals surface area contributed by atoms with E-state index in [0.29, 0.717) is 40.3 Å². The minimum Gasteiger partial charge on any atom is -0.384 e. The number of carbonyl (C=O) groups is 1. The Morgan fingerprint density at radius 2 is 1.69 bits per heavy atom. The molecule has 0 aliphatic carbocycles. The van der Waals surface area contributed by atoms with Crippen LogP contribution in [0.5, 0.6) is 0 Å². The Labute approximate surface area is 203 Å². The number of aromatic nitrogens is 2. The van der Waals surface area contributed by atoms with Crippen LogP contribution in [0.2, 0.25) is 0 Å². The lowest BCUT2D eigenvalue weighted by molar-refractivity contribution is 0.101. The fraction of sp³-hybridized carbons (Fsp3) is 0.0800. The Kier molecular flexibility index (Phi) is 6.50. The molecule has 1 heterocycles. The Morgan fingerprint density at radius 1 is 1.03 bits per heavy atom. The van der Waals surface area contributed by atoms with Crippen molar-refractivity contribution in [2.45, 2.75) is 18.4 Å². The van der Waals surface area contributed by atoms with Gasteiger partial charge in [-0.3, -0.25) is 14.9 Å². The average molecular weight is 489 g/mol. The van der Waals surface area contributed by atoms with E-state index in [4.69, 9.17) is 16.3 Å². The molecule has 0 atom stereocenters. The highest BCUT2D eigenvalue weighted by Gasteiger charge is 2.17. The van der Waals surface area contributed by atoms with Crippen LogP contribution in [0.3, 0.4) is 0 Å². The topological polar surface area (TPSA) is 157 Å². The third kappa shape index (κ3) is 5.45. The van der Waals surface area contributed by atoms with Gasteiger partial charge in [-0.25, -0.2) is 13.6 Å². The number of aryl methyl sites for hydroxylation is 1. The van der Waals surface area contributed by atoms with Gasteiger partial charge < -0.3 is 11.1 Å². The second-order valence-corrected chi connectivity index (χ2v) is 9.54. The van der Waals surface area contributed by atoms with Gasteiger partial charge in [0.2, 0.25) is 10.0 Å². The molecule has 0 radical (unpaired) electrons. The third-order valence-electron chi connectivity index (χ3n) is 5.38. The van der Waals surface area contributed by atoms with E-state index in [2.05, 4.69) is 10.4 Å². The Bertz CT molecular complexity index is 1510. The molecule has 0 aliphatic heterocycles. The van der Waals surface area contributed by atoms with Crippen molar-refractivity contribution in [1.29, 1.82) is 5.41 Å². The molecule has 0 spiro atoms. The normalized spacial score (nSPS) is 11.3. The standard InChI is InChI=1S/C25H24N6O3S/c1-16-14-22(31(30-16)15-17-6-8-19(9-7-17)24(26)27)25(32)29-20-12-10-18(11-13-20)21-4-2-3-5-23(21)35(28,33)34/h2-14H,15H2,1H3,(H3,26,27)(H,29,32)(H2,28,33,34). The van der Waals surface area contributed by atoms with Gasteiger partial charge in [0.1, 0.15) is 11.5 Å². The smallest absolute Gasteiger partial charge is 0.273 e. The summed E-state index contributed by atoms with van der Waals surface area (Å²) in [4.78, 5) is 13.0. The molecule has 9 nitrogen and oxygen atoms in total. The number of amides is 1. The first kappa shape index (κ1) is 23.9. The van der Waals surface area contributed by atoms with Crippen LogP contribution >= 0.6 is 0 Å². The third-order valence-corrected chi connectivity index (χ3v) is 6.35. The first-order valence-electron chi connectivity index (χ1n) is 10.6. The van der Waals surface area contributed by atoms with Gasteiger partial charge in [0, 0.05) is 16.8 Å². The van der Waals surface area contributed by atoms with Crippen molar-refractivity contribution < 1.29 is 13.2 Å². The number of anilines is 1. The SMILES string of the molecule is Cc1cc(C(=O)Nc2ccc(-c3ccccc3S(N)(=O)=O)cc2)n(Cc2ccc(C(=N)N)cc2)n1. The quantitative estimate of drug-likeness (QED) is 0.232. The molecule has 4 aromatic rings. The molecule has 178 valence electrons. The molecule has 0 saturated carbocycles. The number of nitrogen functional groups attached to an aromatic ring is 1. The molecule has 0 aliphatic rings. The summed E-state index contributed by atoms with van der Waals surface area (Å²) in [5.74, 6) is -0.339. The van der Waals surface area contributed by atoms with E-state index in [-0.39, 0.29) is 16.6 Å². The highest BCUT2D eigenvalue weighted by atomic mass is 32.2. The number of hydrogen-bond acceptors (Lipinski definition) is 5. The molecule has 10 heteroatoms. The number of carbonyl (C=O) groups excluding carboxylic acids is 1. The van der Waals surface area contributed by atoms with Crippen LogP contribution in [0.25, 0.3) is 11.1 Å². The number of nitrogens with zero attached hydrogens (tertiary/aromatic N) is 2. The number of primary sulfonamides is 1. The van der Waals surface area contributed by atoms with Gasteiger partial charge in [0.15, 0.2) is 0 Å². The molecule has 3 aromatic carbocycles. The van der Waals surface area contributed by atoms with Gasteiger partial charge in [-0.1, -0.05) is 54.6 Å². The molecule has 4 rings (SSSR count). The number of sulfonamides is 1. The van der Waals surface area contributed by atoms with E-state index in [1.165, 1.54) is 6.07 Å². The van der Waals surface area contributed by atoms with Crippen molar-refractivity contribution in [3.8, 4) is 11.1 Å². The van der Waals surface area contributed by atoms with Crippen molar-refractivity contribution in [1.82, 2.24) is 9.78 Å². The lowest BCUT2D eigenvalue weighted by Crippen LogP contribution is -2.18. The average Bonchev–Trinajstić information content (AvgIpc) is 3.19. The lowest BCUT2D eigenvalue weighted by Gasteiger charge is -2.11. The zero-order chi connectivity index (χ0) is 25.2. The fourth-order valence-electron chi connectivity index (χ4n) is 3.69. The van der Waals surface area contributed by atoms with Crippen LogP contribution in [0.4, 0.5) is 5.69 Å². The summed E-state index contributed by atoms with van der Waals surface area (Å²) in [6.07, 6.45) is 0. The number of nitrogens with two attached hydrogens (primary N) is 2. The summed E-state index contributed by atoms with van der Waals surface area (Å²) in [5, 5.41) is 20.1. The maximum atomic E-state index is 13.0. The van der Waals surface area contributed by atoms with E-state index >= 15 is 0 Å². The van der Waals surface area contributed by atoms with Crippen molar-refractivity contribution in [2.75, 3.05) is 5.32 Å². The van der Waals surface area contributed by atoms with Crippen LogP contribution in [0.15, 0.2) is 83.8 Å². The molecule has 0 bridgehead atoms. The monoisotopic (exact) mass is 488 g/mol. The van der Waals surface area contributed by atoms with Crippen molar-refractivity contribution in [2.24, 2.45) is 10.9 Å². The minimum absolute atomic E-state index is 0.00860. The van der Waals surface area contributed by atoms with Crippen molar-refractivity contribution in [3.05, 3.63) is 101 Å². The zero-order valence-electron chi connectivity index (χ0n) is 18.9. The summed E-state index contributed by atoms with van der Waals surface area (Å²) < 4.78 is 25.4. The van der Waals surface area contributed by atoms with Gasteiger partial charge >= 0.3 is 0 Å². The maximum Gasteiger partial charge on any atom is 0.273 e. The summed E-state index contributed by atoms with van der Waals surface area (Å²) in [7, 11) is -3.88. The first-order chi connectivity index (χ1) is 16.6. The lowest BCUT2D eigenvalue weighted by atomic mass is 10.1.